The highest BCUT2D eigenvalue weighted by Gasteiger charge is 2.17. The van der Waals surface area contributed by atoms with Crippen LogP contribution < -0.4 is 14.9 Å². The number of aromatic carboxylic acids is 1. The van der Waals surface area contributed by atoms with E-state index in [-0.39, 0.29) is 47.0 Å². The van der Waals surface area contributed by atoms with Crippen LogP contribution in [-0.2, 0) is 6.42 Å². The van der Waals surface area contributed by atoms with Gasteiger partial charge in [0.05, 0.1) is 10.9 Å². The van der Waals surface area contributed by atoms with Crippen LogP contribution in [0.1, 0.15) is 46.7 Å². The van der Waals surface area contributed by atoms with E-state index in [2.05, 4.69) is 0 Å². The molecule has 0 saturated carbocycles. The van der Waals surface area contributed by atoms with E-state index in [1.807, 2.05) is 6.92 Å². The summed E-state index contributed by atoms with van der Waals surface area (Å²) in [5, 5.41) is 29.9. The van der Waals surface area contributed by atoms with E-state index in [4.69, 9.17) is 19.0 Å². The number of rotatable bonds is 10. The van der Waals surface area contributed by atoms with Crippen molar-refractivity contribution in [3.8, 4) is 17.2 Å². The third-order valence-corrected chi connectivity index (χ3v) is 4.90. The SMILES string of the molecule is CCCc1c(OCC(O)COc2ccc3c(=O)cc(C(=O)O)oc3c2)ccc(C(C)=O)c1O. The van der Waals surface area contributed by atoms with Crippen molar-refractivity contribution in [1.82, 2.24) is 0 Å². The van der Waals surface area contributed by atoms with Crippen molar-refractivity contribution in [3.05, 3.63) is 63.5 Å². The van der Waals surface area contributed by atoms with Crippen LogP contribution in [0.3, 0.4) is 0 Å². The number of carboxylic acid groups (broad SMARTS) is 1. The summed E-state index contributed by atoms with van der Waals surface area (Å²) in [6.07, 6.45) is 0.177. The highest BCUT2D eigenvalue weighted by atomic mass is 16.5. The lowest BCUT2D eigenvalue weighted by molar-refractivity contribution is 0.0622. The number of aromatic hydroxyl groups is 1. The molecule has 3 rings (SSSR count). The summed E-state index contributed by atoms with van der Waals surface area (Å²) in [5.41, 5.74) is 0.268. The van der Waals surface area contributed by atoms with Gasteiger partial charge in [0, 0.05) is 17.7 Å². The normalized spacial score (nSPS) is 11.8. The topological polar surface area (TPSA) is 144 Å². The van der Waals surface area contributed by atoms with Crippen LogP contribution in [0.4, 0.5) is 0 Å². The van der Waals surface area contributed by atoms with Crippen LogP contribution in [0, 0.1) is 0 Å². The average Bonchev–Trinajstić information content (AvgIpc) is 2.77. The molecule has 0 spiro atoms. The summed E-state index contributed by atoms with van der Waals surface area (Å²) in [5.74, 6) is -1.59. The molecule has 2 aromatic carbocycles. The van der Waals surface area contributed by atoms with Crippen molar-refractivity contribution >= 4 is 22.7 Å². The van der Waals surface area contributed by atoms with Gasteiger partial charge in [-0.05, 0) is 37.6 Å². The Bertz CT molecular complexity index is 1240. The number of Topliss-reactive ketones (excluding diaryl/α,β-unsaturated/α-hetero) is 1. The number of carboxylic acids is 1. The Balaban J connectivity index is 1.67. The van der Waals surface area contributed by atoms with Crippen molar-refractivity contribution in [3.63, 3.8) is 0 Å². The summed E-state index contributed by atoms with van der Waals surface area (Å²) in [4.78, 5) is 34.7. The van der Waals surface area contributed by atoms with Crippen LogP contribution in [0.25, 0.3) is 11.0 Å². The third kappa shape index (κ3) is 5.50. The molecule has 1 aromatic heterocycles. The highest BCUT2D eigenvalue weighted by molar-refractivity contribution is 5.97. The summed E-state index contributed by atoms with van der Waals surface area (Å²) in [7, 11) is 0. The molecule has 174 valence electrons. The van der Waals surface area contributed by atoms with Gasteiger partial charge in [0.2, 0.25) is 5.76 Å². The minimum atomic E-state index is -1.36. The van der Waals surface area contributed by atoms with E-state index in [1.165, 1.54) is 31.2 Å². The Morgan fingerprint density at radius 3 is 2.48 bits per heavy atom. The second-order valence-electron chi connectivity index (χ2n) is 7.46. The lowest BCUT2D eigenvalue weighted by Crippen LogP contribution is -2.25. The van der Waals surface area contributed by atoms with Gasteiger partial charge in [-0.15, -0.1) is 0 Å². The lowest BCUT2D eigenvalue weighted by Gasteiger charge is -2.17. The van der Waals surface area contributed by atoms with Crippen molar-refractivity contribution in [1.29, 1.82) is 0 Å². The summed E-state index contributed by atoms with van der Waals surface area (Å²) in [6, 6.07) is 8.28. The van der Waals surface area contributed by atoms with Gasteiger partial charge in [0.25, 0.3) is 0 Å². The van der Waals surface area contributed by atoms with Gasteiger partial charge in [0.1, 0.15) is 42.1 Å². The van der Waals surface area contributed by atoms with Gasteiger partial charge in [-0.1, -0.05) is 13.3 Å². The van der Waals surface area contributed by atoms with Crippen LogP contribution in [0.15, 0.2) is 45.6 Å². The lowest BCUT2D eigenvalue weighted by atomic mass is 10.0. The molecule has 1 atom stereocenters. The molecule has 0 saturated heterocycles. The number of ketones is 1. The maximum absolute atomic E-state index is 12.0. The first kappa shape index (κ1) is 23.8. The summed E-state index contributed by atoms with van der Waals surface area (Å²) >= 11 is 0. The quantitative estimate of drug-likeness (QED) is 0.392. The smallest absolute Gasteiger partial charge is 0.371 e. The Kier molecular flexibility index (Phi) is 7.34. The fourth-order valence-corrected chi connectivity index (χ4v) is 3.29. The van der Waals surface area contributed by atoms with Gasteiger partial charge >= 0.3 is 5.97 Å². The number of aliphatic hydroxyl groups is 1. The number of phenolic OH excluding ortho intramolecular Hbond substituents is 1. The van der Waals surface area contributed by atoms with Crippen LogP contribution in [0.5, 0.6) is 17.2 Å². The molecule has 3 aromatic rings. The second-order valence-corrected chi connectivity index (χ2v) is 7.46. The van der Waals surface area contributed by atoms with Gasteiger partial charge in [-0.25, -0.2) is 4.79 Å². The minimum absolute atomic E-state index is 0.0494. The molecule has 1 heterocycles. The maximum atomic E-state index is 12.0. The number of fused-ring (bicyclic) bond motifs is 1. The zero-order valence-electron chi connectivity index (χ0n) is 18.2. The second kappa shape index (κ2) is 10.2. The maximum Gasteiger partial charge on any atom is 0.371 e. The standard InChI is InChI=1S/C24H24O9/c1-3-4-18-20(8-7-16(13(2)25)23(18)28)32-12-14(26)11-31-15-5-6-17-19(27)10-22(24(29)30)33-21(17)9-15/h5-10,14,26,28H,3-4,11-12H2,1-2H3,(H,29,30). The first-order valence-corrected chi connectivity index (χ1v) is 10.3. The highest BCUT2D eigenvalue weighted by Crippen LogP contribution is 2.33. The molecular weight excluding hydrogens is 432 g/mol. The molecule has 0 aliphatic carbocycles. The molecule has 1 unspecified atom stereocenters. The zero-order chi connectivity index (χ0) is 24.1. The predicted molar refractivity (Wildman–Crippen MR) is 119 cm³/mol. The minimum Gasteiger partial charge on any atom is -0.507 e. The van der Waals surface area contributed by atoms with Gasteiger partial charge < -0.3 is 29.2 Å². The van der Waals surface area contributed by atoms with Gasteiger partial charge in [-0.2, -0.15) is 0 Å². The number of ether oxygens (including phenoxy) is 2. The van der Waals surface area contributed by atoms with Crippen LogP contribution in [-0.4, -0.2) is 46.4 Å². The van der Waals surface area contributed by atoms with E-state index in [0.29, 0.717) is 17.7 Å². The van der Waals surface area contributed by atoms with E-state index in [0.717, 1.165) is 12.5 Å². The molecule has 0 amide bonds. The number of hydrogen-bond acceptors (Lipinski definition) is 8. The first-order valence-electron chi connectivity index (χ1n) is 10.3. The Labute approximate surface area is 188 Å². The number of phenols is 1. The molecule has 9 nitrogen and oxygen atoms in total. The van der Waals surface area contributed by atoms with Crippen molar-refractivity contribution in [2.24, 2.45) is 0 Å². The molecule has 0 fully saturated rings. The first-order chi connectivity index (χ1) is 15.7. The summed E-state index contributed by atoms with van der Waals surface area (Å²) in [6.45, 7) is 3.00. The number of benzene rings is 2. The van der Waals surface area contributed by atoms with E-state index >= 15 is 0 Å². The zero-order valence-corrected chi connectivity index (χ0v) is 18.2. The van der Waals surface area contributed by atoms with E-state index < -0.39 is 23.3 Å². The largest absolute Gasteiger partial charge is 0.507 e. The monoisotopic (exact) mass is 456 g/mol. The molecule has 0 aliphatic heterocycles. The predicted octanol–water partition coefficient (Wildman–Crippen LogP) is 3.17. The van der Waals surface area contributed by atoms with Crippen LogP contribution >= 0.6 is 0 Å². The Morgan fingerprint density at radius 1 is 1.09 bits per heavy atom. The molecule has 9 heteroatoms. The number of carbonyl (C=O) groups is 2. The average molecular weight is 456 g/mol. The molecule has 0 radical (unpaired) electrons. The number of aliphatic hydroxyl groups excluding tert-OH is 1. The molecular formula is C24H24O9. The van der Waals surface area contributed by atoms with E-state index in [9.17, 15) is 24.6 Å². The van der Waals surface area contributed by atoms with Crippen molar-refractivity contribution < 1.29 is 38.8 Å². The number of hydrogen-bond donors (Lipinski definition) is 3. The fourth-order valence-electron chi connectivity index (χ4n) is 3.29. The number of carbonyl (C=O) groups excluding carboxylic acids is 1. The Morgan fingerprint density at radius 2 is 1.82 bits per heavy atom. The fraction of sp³-hybridized carbons (Fsp3) is 0.292. The summed E-state index contributed by atoms with van der Waals surface area (Å²) < 4.78 is 16.4. The Hall–Kier alpha value is -3.85. The molecule has 0 aliphatic rings. The third-order valence-electron chi connectivity index (χ3n) is 4.90. The molecule has 3 N–H and O–H groups in total. The van der Waals surface area contributed by atoms with Crippen molar-refractivity contribution in [2.75, 3.05) is 13.2 Å². The van der Waals surface area contributed by atoms with Crippen LogP contribution in [0.2, 0.25) is 0 Å². The van der Waals surface area contributed by atoms with Crippen molar-refractivity contribution in [2.45, 2.75) is 32.8 Å². The molecule has 33 heavy (non-hydrogen) atoms. The van der Waals surface area contributed by atoms with Gasteiger partial charge in [-0.3, -0.25) is 9.59 Å². The molecule has 0 bridgehead atoms. The van der Waals surface area contributed by atoms with Gasteiger partial charge in [0.15, 0.2) is 11.2 Å². The van der Waals surface area contributed by atoms with E-state index in [1.54, 1.807) is 6.07 Å².